The maximum Gasteiger partial charge on any atom is 0.273 e. The Bertz CT molecular complexity index is 597. The van der Waals surface area contributed by atoms with Crippen molar-refractivity contribution >= 4 is 29.0 Å². The topological polar surface area (TPSA) is 55.8 Å². The number of nitrogens with zero attached hydrogens (tertiary/aromatic N) is 1. The highest BCUT2D eigenvalue weighted by Crippen LogP contribution is 2.36. The number of halogens is 1. The molecule has 5 nitrogen and oxygen atoms in total. The molecule has 1 aliphatic rings. The van der Waals surface area contributed by atoms with Crippen LogP contribution < -0.4 is 4.74 Å². The van der Waals surface area contributed by atoms with Crippen molar-refractivity contribution in [3.8, 4) is 5.75 Å². The highest BCUT2D eigenvalue weighted by molar-refractivity contribution is 6.55. The van der Waals surface area contributed by atoms with Gasteiger partial charge >= 0.3 is 0 Å². The largest absolute Gasteiger partial charge is 0.496 e. The fourth-order valence-corrected chi connectivity index (χ4v) is 2.49. The summed E-state index contributed by atoms with van der Waals surface area (Å²) in [4.78, 5) is 25.7. The van der Waals surface area contributed by atoms with E-state index in [1.165, 1.54) is 7.11 Å². The molecule has 1 aliphatic heterocycles. The number of hydrogen-bond donors (Lipinski definition) is 0. The lowest BCUT2D eigenvalue weighted by atomic mass is 10.1. The third kappa shape index (κ3) is 2.94. The van der Waals surface area contributed by atoms with Crippen molar-refractivity contribution in [1.29, 1.82) is 0 Å². The van der Waals surface area contributed by atoms with E-state index in [2.05, 4.69) is 0 Å². The van der Waals surface area contributed by atoms with Crippen LogP contribution in [0.4, 0.5) is 0 Å². The lowest BCUT2D eigenvalue weighted by Gasteiger charge is -2.14. The van der Waals surface area contributed by atoms with Crippen LogP contribution in [0.15, 0.2) is 29.3 Å². The summed E-state index contributed by atoms with van der Waals surface area (Å²) in [5.74, 6) is -0.366. The molecule has 0 unspecified atom stereocenters. The van der Waals surface area contributed by atoms with Crippen LogP contribution in [-0.2, 0) is 14.3 Å². The van der Waals surface area contributed by atoms with E-state index in [4.69, 9.17) is 21.1 Å². The van der Waals surface area contributed by atoms with Gasteiger partial charge in [0.05, 0.1) is 12.7 Å². The molecule has 0 spiro atoms. The monoisotopic (exact) mass is 309 g/mol. The van der Waals surface area contributed by atoms with Gasteiger partial charge in [-0.3, -0.25) is 14.5 Å². The molecule has 0 aliphatic carbocycles. The molecule has 0 bridgehead atoms. The van der Waals surface area contributed by atoms with E-state index in [-0.39, 0.29) is 17.2 Å². The smallest absolute Gasteiger partial charge is 0.273 e. The second-order valence-corrected chi connectivity index (χ2v) is 4.88. The third-order valence-corrected chi connectivity index (χ3v) is 3.57. The standard InChI is InChI=1S/C15H16ClNO4/c1-20-9-5-8-17-14(18)12(13(16)15(17)19)10-6-3-4-7-11(10)21-2/h3-4,6-7H,5,8-9H2,1-2H3. The first-order valence-corrected chi connectivity index (χ1v) is 6.88. The number of methoxy groups -OCH3 is 2. The van der Waals surface area contributed by atoms with Gasteiger partial charge < -0.3 is 9.47 Å². The summed E-state index contributed by atoms with van der Waals surface area (Å²) in [6.07, 6.45) is 0.567. The highest BCUT2D eigenvalue weighted by Gasteiger charge is 2.38. The van der Waals surface area contributed by atoms with Gasteiger partial charge in [0.15, 0.2) is 0 Å². The van der Waals surface area contributed by atoms with Crippen LogP contribution in [0.3, 0.4) is 0 Å². The molecule has 0 radical (unpaired) electrons. The fourth-order valence-electron chi connectivity index (χ4n) is 2.20. The summed E-state index contributed by atoms with van der Waals surface area (Å²) in [7, 11) is 3.07. The zero-order valence-corrected chi connectivity index (χ0v) is 12.6. The van der Waals surface area contributed by atoms with Crippen molar-refractivity contribution in [3.05, 3.63) is 34.9 Å². The number of rotatable bonds is 6. The first-order valence-electron chi connectivity index (χ1n) is 6.50. The molecule has 6 heteroatoms. The van der Waals surface area contributed by atoms with E-state index < -0.39 is 11.8 Å². The molecule has 0 saturated heterocycles. The second-order valence-electron chi connectivity index (χ2n) is 4.50. The van der Waals surface area contributed by atoms with Crippen molar-refractivity contribution in [3.63, 3.8) is 0 Å². The number of para-hydroxylation sites is 1. The molecule has 0 fully saturated rings. The summed E-state index contributed by atoms with van der Waals surface area (Å²) in [5, 5.41) is -0.0677. The summed E-state index contributed by atoms with van der Waals surface area (Å²) in [6, 6.07) is 6.98. The zero-order chi connectivity index (χ0) is 15.4. The highest BCUT2D eigenvalue weighted by atomic mass is 35.5. The van der Waals surface area contributed by atoms with E-state index in [9.17, 15) is 9.59 Å². The minimum atomic E-state index is -0.473. The van der Waals surface area contributed by atoms with E-state index >= 15 is 0 Å². The van der Waals surface area contributed by atoms with Crippen LogP contribution in [0.2, 0.25) is 0 Å². The molecular weight excluding hydrogens is 294 g/mol. The van der Waals surface area contributed by atoms with Crippen LogP contribution in [0.25, 0.3) is 5.57 Å². The SMILES string of the molecule is COCCCN1C(=O)C(Cl)=C(c2ccccc2OC)C1=O. The van der Waals surface area contributed by atoms with Gasteiger partial charge in [-0.2, -0.15) is 0 Å². The third-order valence-electron chi connectivity index (χ3n) is 3.22. The summed E-state index contributed by atoms with van der Waals surface area (Å²) in [6.45, 7) is 0.749. The normalized spacial score (nSPS) is 15.1. The molecule has 112 valence electrons. The van der Waals surface area contributed by atoms with Gasteiger partial charge in [-0.05, 0) is 12.5 Å². The number of benzene rings is 1. The Labute approximate surface area is 128 Å². The van der Waals surface area contributed by atoms with Crippen LogP contribution in [0, 0.1) is 0 Å². The van der Waals surface area contributed by atoms with Crippen LogP contribution in [-0.4, -0.2) is 44.1 Å². The van der Waals surface area contributed by atoms with Gasteiger partial charge in [-0.25, -0.2) is 0 Å². The van der Waals surface area contributed by atoms with Crippen molar-refractivity contribution in [2.45, 2.75) is 6.42 Å². The van der Waals surface area contributed by atoms with Crippen molar-refractivity contribution in [2.75, 3.05) is 27.4 Å². The molecule has 0 saturated carbocycles. The first-order chi connectivity index (χ1) is 10.1. The first kappa shape index (κ1) is 15.5. The molecular formula is C15H16ClNO4. The minimum absolute atomic E-state index is 0.0677. The van der Waals surface area contributed by atoms with Gasteiger partial charge in [0, 0.05) is 25.8 Å². The zero-order valence-electron chi connectivity index (χ0n) is 11.9. The molecule has 2 amide bonds. The molecule has 0 atom stereocenters. The second kappa shape index (κ2) is 6.74. The van der Waals surface area contributed by atoms with Crippen molar-refractivity contribution < 1.29 is 19.1 Å². The number of hydrogen-bond acceptors (Lipinski definition) is 4. The molecule has 21 heavy (non-hydrogen) atoms. The number of imide groups is 1. The van der Waals surface area contributed by atoms with Crippen LogP contribution in [0.5, 0.6) is 5.75 Å². The average Bonchev–Trinajstić information content (AvgIpc) is 2.71. The Morgan fingerprint density at radius 3 is 2.52 bits per heavy atom. The van der Waals surface area contributed by atoms with Crippen molar-refractivity contribution in [2.24, 2.45) is 0 Å². The maximum absolute atomic E-state index is 12.5. The molecule has 1 aromatic carbocycles. The molecule has 0 aromatic heterocycles. The van der Waals surface area contributed by atoms with Gasteiger partial charge in [-0.1, -0.05) is 29.8 Å². The molecule has 1 aromatic rings. The summed E-state index contributed by atoms with van der Waals surface area (Å²) in [5.41, 5.74) is 0.717. The minimum Gasteiger partial charge on any atom is -0.496 e. The predicted octanol–water partition coefficient (Wildman–Crippen LogP) is 2.05. The van der Waals surface area contributed by atoms with E-state index in [0.29, 0.717) is 24.3 Å². The quantitative estimate of drug-likeness (QED) is 0.596. The number of carbonyl (C=O) groups excluding carboxylic acids is 2. The van der Waals surface area contributed by atoms with E-state index in [1.54, 1.807) is 31.4 Å². The Hall–Kier alpha value is -1.85. The molecule has 0 N–H and O–H groups in total. The van der Waals surface area contributed by atoms with Crippen molar-refractivity contribution in [1.82, 2.24) is 4.90 Å². The van der Waals surface area contributed by atoms with Gasteiger partial charge in [-0.15, -0.1) is 0 Å². The molecule has 1 heterocycles. The fraction of sp³-hybridized carbons (Fsp3) is 0.333. The maximum atomic E-state index is 12.5. The number of amides is 2. The Morgan fingerprint density at radius 2 is 1.86 bits per heavy atom. The van der Waals surface area contributed by atoms with Gasteiger partial charge in [0.25, 0.3) is 11.8 Å². The van der Waals surface area contributed by atoms with Crippen LogP contribution >= 0.6 is 11.6 Å². The lowest BCUT2D eigenvalue weighted by Crippen LogP contribution is -2.32. The Balaban J connectivity index is 2.32. The number of carbonyl (C=O) groups is 2. The van der Waals surface area contributed by atoms with Crippen LogP contribution in [0.1, 0.15) is 12.0 Å². The molecule has 2 rings (SSSR count). The van der Waals surface area contributed by atoms with E-state index in [1.807, 2.05) is 0 Å². The van der Waals surface area contributed by atoms with Gasteiger partial charge in [0.2, 0.25) is 0 Å². The number of ether oxygens (including phenoxy) is 2. The lowest BCUT2D eigenvalue weighted by molar-refractivity contribution is -0.136. The van der Waals surface area contributed by atoms with E-state index in [0.717, 1.165) is 4.90 Å². The Morgan fingerprint density at radius 1 is 1.14 bits per heavy atom. The van der Waals surface area contributed by atoms with Gasteiger partial charge in [0.1, 0.15) is 10.8 Å². The summed E-state index contributed by atoms with van der Waals surface area (Å²) < 4.78 is 10.2. The summed E-state index contributed by atoms with van der Waals surface area (Å²) >= 11 is 6.08. The predicted molar refractivity (Wildman–Crippen MR) is 79.0 cm³/mol. The average molecular weight is 310 g/mol. The Kier molecular flexibility index (Phi) is 4.98.